The van der Waals surface area contributed by atoms with Crippen LogP contribution in [0.4, 0.5) is 11.5 Å². The second-order valence-electron chi connectivity index (χ2n) is 10.3. The van der Waals surface area contributed by atoms with E-state index in [2.05, 4.69) is 67.7 Å². The van der Waals surface area contributed by atoms with Crippen LogP contribution in [-0.4, -0.2) is 51.8 Å². The normalized spacial score (nSPS) is 17.6. The Hall–Kier alpha value is -3.58. The van der Waals surface area contributed by atoms with E-state index < -0.39 is 0 Å². The van der Waals surface area contributed by atoms with E-state index in [1.54, 1.807) is 0 Å². The molecule has 2 aromatic carbocycles. The Morgan fingerprint density at radius 1 is 0.972 bits per heavy atom. The molecule has 3 heterocycles. The van der Waals surface area contributed by atoms with Crippen LogP contribution in [0.1, 0.15) is 54.9 Å². The first-order valence-corrected chi connectivity index (χ1v) is 13.2. The van der Waals surface area contributed by atoms with E-state index in [-0.39, 0.29) is 5.91 Å². The molecule has 0 bridgehead atoms. The summed E-state index contributed by atoms with van der Waals surface area (Å²) in [5.41, 5.74) is 4.98. The maximum Gasteiger partial charge on any atom is 0.256 e. The molecule has 7 heteroatoms. The van der Waals surface area contributed by atoms with E-state index in [0.29, 0.717) is 23.5 Å². The molecule has 2 aromatic heterocycles. The highest BCUT2D eigenvalue weighted by Gasteiger charge is 2.23. The molecule has 0 spiro atoms. The van der Waals surface area contributed by atoms with Gasteiger partial charge in [0.15, 0.2) is 5.82 Å². The molecule has 1 aliphatic heterocycles. The molecule has 2 fully saturated rings. The van der Waals surface area contributed by atoms with Gasteiger partial charge < -0.3 is 20.1 Å². The van der Waals surface area contributed by atoms with Crippen molar-refractivity contribution in [1.82, 2.24) is 19.7 Å². The summed E-state index contributed by atoms with van der Waals surface area (Å²) >= 11 is 0. The topological polar surface area (TPSA) is 78.0 Å². The monoisotopic (exact) mass is 482 g/mol. The van der Waals surface area contributed by atoms with Crippen LogP contribution in [0.15, 0.2) is 60.7 Å². The van der Waals surface area contributed by atoms with Crippen molar-refractivity contribution in [2.45, 2.75) is 50.6 Å². The Labute approximate surface area is 211 Å². The minimum absolute atomic E-state index is 0.157. The van der Waals surface area contributed by atoms with Crippen LogP contribution in [-0.2, 0) is 0 Å². The van der Waals surface area contributed by atoms with Gasteiger partial charge >= 0.3 is 0 Å². The number of hydrogen-bond acceptors (Lipinski definition) is 4. The quantitative estimate of drug-likeness (QED) is 0.319. The number of benzene rings is 2. The van der Waals surface area contributed by atoms with E-state index in [4.69, 9.17) is 0 Å². The molecule has 1 saturated carbocycles. The fourth-order valence-electron chi connectivity index (χ4n) is 5.75. The van der Waals surface area contributed by atoms with E-state index in [1.807, 2.05) is 30.3 Å². The van der Waals surface area contributed by atoms with Crippen LogP contribution in [0, 0.1) is 0 Å². The molecule has 0 radical (unpaired) electrons. The lowest BCUT2D eigenvalue weighted by atomic mass is 10.0. The Balaban J connectivity index is 1.16. The number of nitrogens with zero attached hydrogens (tertiary/aromatic N) is 3. The summed E-state index contributed by atoms with van der Waals surface area (Å²) in [6.07, 6.45) is 7.22. The highest BCUT2D eigenvalue weighted by atomic mass is 16.1. The highest BCUT2D eigenvalue weighted by Crippen LogP contribution is 2.38. The van der Waals surface area contributed by atoms with Gasteiger partial charge in [0.25, 0.3) is 5.91 Å². The van der Waals surface area contributed by atoms with Crippen molar-refractivity contribution in [3.63, 3.8) is 0 Å². The summed E-state index contributed by atoms with van der Waals surface area (Å²) < 4.78 is 2.46. The number of carbonyl (C=O) groups is 1. The number of amides is 1. The first kappa shape index (κ1) is 22.9. The number of aromatic nitrogens is 3. The third-order valence-electron chi connectivity index (χ3n) is 7.77. The first-order valence-electron chi connectivity index (χ1n) is 13.2. The molecule has 0 unspecified atom stereocenters. The van der Waals surface area contributed by atoms with E-state index in [9.17, 15) is 4.79 Å². The average molecular weight is 483 g/mol. The predicted molar refractivity (Wildman–Crippen MR) is 146 cm³/mol. The number of rotatable bonds is 6. The molecule has 1 saturated heterocycles. The Kier molecular flexibility index (Phi) is 6.23. The summed E-state index contributed by atoms with van der Waals surface area (Å²) in [4.78, 5) is 15.3. The van der Waals surface area contributed by atoms with Gasteiger partial charge in [0.05, 0.1) is 11.4 Å². The van der Waals surface area contributed by atoms with Crippen molar-refractivity contribution < 1.29 is 4.79 Å². The summed E-state index contributed by atoms with van der Waals surface area (Å²) in [7, 11) is 2.17. The SMILES string of the molecule is CN1CCC(Nc2ccc(C(=O)Nc3cc(-c4cc5ccccc5n4C4CCCC4)[nH]n3)cc2)CC1. The summed E-state index contributed by atoms with van der Waals surface area (Å²) in [5.74, 6) is 0.377. The standard InChI is InChI=1S/C29H34N6O/c1-34-16-14-23(15-17-34)30-22-12-10-20(11-13-22)29(36)31-28-19-25(32-33-28)27-18-21-6-2-5-9-26(21)35(27)24-7-3-4-8-24/h2,5-6,9-13,18-19,23-24,30H,3-4,7-8,14-17H2,1H3,(H2,31,32,33,36). The highest BCUT2D eigenvalue weighted by molar-refractivity contribution is 6.04. The Morgan fingerprint density at radius 3 is 2.50 bits per heavy atom. The number of para-hydroxylation sites is 1. The van der Waals surface area contributed by atoms with Gasteiger partial charge in [-0.2, -0.15) is 5.10 Å². The van der Waals surface area contributed by atoms with Crippen LogP contribution in [0.2, 0.25) is 0 Å². The van der Waals surface area contributed by atoms with Crippen molar-refractivity contribution in [3.8, 4) is 11.4 Å². The van der Waals surface area contributed by atoms with Crippen molar-refractivity contribution in [1.29, 1.82) is 0 Å². The van der Waals surface area contributed by atoms with Gasteiger partial charge in [-0.05, 0) is 82.2 Å². The minimum Gasteiger partial charge on any atom is -0.382 e. The average Bonchev–Trinajstić information content (AvgIpc) is 3.65. The maximum absolute atomic E-state index is 12.9. The van der Waals surface area contributed by atoms with Gasteiger partial charge in [-0.1, -0.05) is 31.0 Å². The summed E-state index contributed by atoms with van der Waals surface area (Å²) in [6.45, 7) is 2.23. The number of piperidine rings is 1. The molecule has 1 aliphatic carbocycles. The van der Waals surface area contributed by atoms with Crippen LogP contribution >= 0.6 is 0 Å². The molecule has 7 nitrogen and oxygen atoms in total. The number of aromatic amines is 1. The second kappa shape index (κ2) is 9.82. The Morgan fingerprint density at radius 2 is 1.72 bits per heavy atom. The predicted octanol–water partition coefficient (Wildman–Crippen LogP) is 5.90. The maximum atomic E-state index is 12.9. The van der Waals surface area contributed by atoms with Crippen molar-refractivity contribution in [2.24, 2.45) is 0 Å². The first-order chi connectivity index (χ1) is 17.6. The summed E-state index contributed by atoms with van der Waals surface area (Å²) in [6, 6.07) is 21.4. The van der Waals surface area contributed by atoms with Crippen molar-refractivity contribution >= 4 is 28.3 Å². The van der Waals surface area contributed by atoms with Gasteiger partial charge in [-0.25, -0.2) is 0 Å². The zero-order valence-electron chi connectivity index (χ0n) is 20.8. The zero-order chi connectivity index (χ0) is 24.5. The third kappa shape index (κ3) is 4.63. The molecule has 36 heavy (non-hydrogen) atoms. The van der Waals surface area contributed by atoms with Gasteiger partial charge in [-0.15, -0.1) is 0 Å². The van der Waals surface area contributed by atoms with Crippen molar-refractivity contribution in [2.75, 3.05) is 30.8 Å². The molecular weight excluding hydrogens is 448 g/mol. The number of fused-ring (bicyclic) bond motifs is 1. The molecule has 1 amide bonds. The van der Waals surface area contributed by atoms with Crippen LogP contribution < -0.4 is 10.6 Å². The number of H-pyrrole nitrogens is 1. The van der Waals surface area contributed by atoms with E-state index in [0.717, 1.165) is 43.0 Å². The molecule has 3 N–H and O–H groups in total. The third-order valence-corrected chi connectivity index (χ3v) is 7.77. The van der Waals surface area contributed by atoms with E-state index >= 15 is 0 Å². The molecule has 0 atom stereocenters. The number of anilines is 2. The van der Waals surface area contributed by atoms with Crippen LogP contribution in [0.25, 0.3) is 22.3 Å². The number of likely N-dealkylation sites (tertiary alicyclic amines) is 1. The smallest absolute Gasteiger partial charge is 0.256 e. The van der Waals surface area contributed by atoms with Gasteiger partial charge in [0.2, 0.25) is 0 Å². The minimum atomic E-state index is -0.157. The molecule has 6 rings (SSSR count). The molecule has 4 aromatic rings. The molecule has 186 valence electrons. The lowest BCUT2D eigenvalue weighted by Gasteiger charge is -2.30. The number of nitrogens with one attached hydrogen (secondary N) is 3. The lowest BCUT2D eigenvalue weighted by Crippen LogP contribution is -2.36. The second-order valence-corrected chi connectivity index (χ2v) is 10.3. The van der Waals surface area contributed by atoms with Gasteiger partial charge in [0, 0.05) is 40.3 Å². The summed E-state index contributed by atoms with van der Waals surface area (Å²) in [5, 5.41) is 15.4. The van der Waals surface area contributed by atoms with Crippen molar-refractivity contribution in [3.05, 3.63) is 66.2 Å². The fraction of sp³-hybridized carbons (Fsp3) is 0.379. The largest absolute Gasteiger partial charge is 0.382 e. The van der Waals surface area contributed by atoms with Gasteiger partial charge in [0.1, 0.15) is 0 Å². The van der Waals surface area contributed by atoms with Crippen LogP contribution in [0.3, 0.4) is 0 Å². The van der Waals surface area contributed by atoms with Crippen LogP contribution in [0.5, 0.6) is 0 Å². The fourth-order valence-corrected chi connectivity index (χ4v) is 5.75. The Bertz CT molecular complexity index is 1340. The van der Waals surface area contributed by atoms with E-state index in [1.165, 1.54) is 36.6 Å². The number of carbonyl (C=O) groups excluding carboxylic acids is 1. The molecular formula is C29H34N6O. The number of hydrogen-bond donors (Lipinski definition) is 3. The lowest BCUT2D eigenvalue weighted by molar-refractivity contribution is 0.102. The molecule has 2 aliphatic rings. The van der Waals surface area contributed by atoms with Gasteiger partial charge in [-0.3, -0.25) is 9.89 Å². The zero-order valence-corrected chi connectivity index (χ0v) is 20.8.